The first kappa shape index (κ1) is 66.2. The Balaban J connectivity index is 0.00000240. The fourth-order valence-corrected chi connectivity index (χ4v) is 12.3. The molecule has 2 aliphatic rings. The van der Waals surface area contributed by atoms with Gasteiger partial charge in [0.05, 0.1) is 16.6 Å². The van der Waals surface area contributed by atoms with Crippen LogP contribution in [0.3, 0.4) is 0 Å². The zero-order valence-corrected chi connectivity index (χ0v) is 53.1. The topological polar surface area (TPSA) is 185 Å². The molecular weight excluding hydrogens is 1270 g/mol. The van der Waals surface area contributed by atoms with E-state index in [0.29, 0.717) is 34.8 Å². The second-order valence-corrected chi connectivity index (χ2v) is 21.6. The minimum absolute atomic E-state index is 0. The maximum Gasteiger partial charge on any atom is 0.406 e. The van der Waals surface area contributed by atoms with E-state index < -0.39 is 0 Å². The molecule has 90 heavy (non-hydrogen) atoms. The number of hydrogen-bond donors (Lipinski definition) is 4. The van der Waals surface area contributed by atoms with E-state index >= 15 is 0 Å². The lowest BCUT2D eigenvalue weighted by Crippen LogP contribution is -3.00. The normalized spacial score (nSPS) is 11.7. The molecule has 13 rings (SSSR count). The first-order valence-corrected chi connectivity index (χ1v) is 29.2. The van der Waals surface area contributed by atoms with Gasteiger partial charge in [0.2, 0.25) is 0 Å². The molecule has 0 bridgehead atoms. The molecule has 0 unspecified atom stereocenters. The van der Waals surface area contributed by atoms with Gasteiger partial charge in [-0.3, -0.25) is 0 Å². The predicted octanol–water partition coefficient (Wildman–Crippen LogP) is -3.75. The van der Waals surface area contributed by atoms with Gasteiger partial charge in [0, 0.05) is 127 Å². The van der Waals surface area contributed by atoms with Crippen molar-refractivity contribution in [2.45, 2.75) is 53.1 Å². The summed E-state index contributed by atoms with van der Waals surface area (Å²) in [5.41, 5.74) is 8.09. The number of nitrogens with zero attached hydrogens (tertiary/aromatic N) is 8. The molecule has 0 radical (unpaired) electrons. The van der Waals surface area contributed by atoms with Crippen LogP contribution in [0.25, 0.3) is 43.6 Å². The second-order valence-electron chi connectivity index (χ2n) is 20.8. The fourth-order valence-electron chi connectivity index (χ4n) is 11.8. The number of fused-ring (bicyclic) bond motifs is 10. The van der Waals surface area contributed by atoms with E-state index in [9.17, 15) is 19.2 Å². The number of aromatic nitrogens is 6. The largest absolute Gasteiger partial charge is 1.00 e. The smallest absolute Gasteiger partial charge is 0.406 e. The summed E-state index contributed by atoms with van der Waals surface area (Å²) in [6, 6.07) is 38.0. The van der Waals surface area contributed by atoms with Crippen LogP contribution in [0.4, 0.5) is 11.4 Å². The number of benzene rings is 5. The molecule has 2 aliphatic heterocycles. The van der Waals surface area contributed by atoms with Crippen molar-refractivity contribution in [3.05, 3.63) is 214 Å². The number of pyridine rings is 4. The number of para-hydroxylation sites is 1. The standard InChI is InChI=1S/C66H58Cl2N12O6.4ClH/c1-3-79-50-20-10-9-19-41(50)42-29-48-53(31-51(42)79)85-65-61(68)63-66(60(67)62(65)73-48)86-54-32-52-43(30-49(54)74-63)59-46(35-71-39-57(83)77-25-15-7-16-26-77)44(33-69-37-55(81)75-21-11-5-12-22-75)45(34-70-38-56(82)76-23-13-6-14-24-76)47(64(59)80(52)4-2)36-72-40-58(84)78-27-17-8-18-28-78;;;;/h5-32,69-72H,3-4,33-40H2,1-2H3;4*1H/q+4;;;;/p-4. The number of carbonyl (C=O) groups is 4. The third-order valence-corrected chi connectivity index (χ3v) is 16.5. The van der Waals surface area contributed by atoms with Gasteiger partial charge in [-0.1, -0.05) is 65.7 Å². The fraction of sp³-hybridized carbons (Fsp3) is 0.182. The first-order valence-electron chi connectivity index (χ1n) is 28.4. The Morgan fingerprint density at radius 1 is 0.433 bits per heavy atom. The summed E-state index contributed by atoms with van der Waals surface area (Å²) in [7, 11) is 0. The molecule has 24 heteroatoms. The molecule has 18 nitrogen and oxygen atoms in total. The van der Waals surface area contributed by atoms with Crippen LogP contribution < -0.4 is 109 Å². The molecule has 0 atom stereocenters. The van der Waals surface area contributed by atoms with Crippen LogP contribution >= 0.6 is 23.2 Å². The van der Waals surface area contributed by atoms with E-state index in [1.807, 2.05) is 60.7 Å². The van der Waals surface area contributed by atoms with Crippen LogP contribution in [0.15, 0.2) is 181 Å². The van der Waals surface area contributed by atoms with Gasteiger partial charge in [-0.15, -0.1) is 18.3 Å². The summed E-state index contributed by atoms with van der Waals surface area (Å²) < 4.78 is 24.1. The molecule has 460 valence electrons. The van der Waals surface area contributed by atoms with Crippen molar-refractivity contribution in [3.63, 3.8) is 0 Å². The first-order chi connectivity index (χ1) is 42.1. The van der Waals surface area contributed by atoms with E-state index in [1.165, 1.54) is 18.3 Å². The highest BCUT2D eigenvalue weighted by Gasteiger charge is 2.32. The third kappa shape index (κ3) is 12.5. The lowest BCUT2D eigenvalue weighted by Gasteiger charge is -2.23. The monoisotopic (exact) mass is 1320 g/mol. The minimum atomic E-state index is -0.183. The van der Waals surface area contributed by atoms with E-state index in [-0.39, 0.29) is 153 Å². The van der Waals surface area contributed by atoms with Crippen molar-refractivity contribution in [1.29, 1.82) is 0 Å². The van der Waals surface area contributed by atoms with Crippen LogP contribution in [0, 0.1) is 0 Å². The van der Waals surface area contributed by atoms with E-state index in [0.717, 1.165) is 72.4 Å². The summed E-state index contributed by atoms with van der Waals surface area (Å²) >= 11 is 14.8. The van der Waals surface area contributed by atoms with Crippen molar-refractivity contribution in [2.75, 3.05) is 26.2 Å². The molecule has 8 heterocycles. The maximum absolute atomic E-state index is 13.8. The molecule has 0 amide bonds. The van der Waals surface area contributed by atoms with Gasteiger partial charge < -0.3 is 89.5 Å². The molecule has 0 fully saturated rings. The molecule has 4 N–H and O–H groups in total. The van der Waals surface area contributed by atoms with Crippen molar-refractivity contribution >= 4 is 102 Å². The Morgan fingerprint density at radius 2 is 0.800 bits per heavy atom. The summed E-state index contributed by atoms with van der Waals surface area (Å²) in [5.74, 6) is 0.710. The Hall–Kier alpha value is -8.24. The zero-order valence-electron chi connectivity index (χ0n) is 48.5. The average molecular weight is 1330 g/mol. The average Bonchev–Trinajstić information content (AvgIpc) is 1.49. The Morgan fingerprint density at radius 3 is 1.22 bits per heavy atom. The van der Waals surface area contributed by atoms with E-state index in [1.54, 1.807) is 98.1 Å². The summed E-state index contributed by atoms with van der Waals surface area (Å²) in [4.78, 5) is 65.5. The highest BCUT2D eigenvalue weighted by atomic mass is 35.5. The molecule has 11 aromatic rings. The molecule has 0 spiro atoms. The lowest BCUT2D eigenvalue weighted by atomic mass is 9.90. The van der Waals surface area contributed by atoms with Crippen LogP contribution in [0.1, 0.15) is 55.3 Å². The number of aryl methyl sites for hydroxylation is 2. The van der Waals surface area contributed by atoms with Gasteiger partial charge in [-0.25, -0.2) is 29.2 Å². The predicted molar refractivity (Wildman–Crippen MR) is 324 cm³/mol. The minimum Gasteiger partial charge on any atom is -1.00 e. The van der Waals surface area contributed by atoms with Gasteiger partial charge in [-0.2, -0.15) is 0 Å². The maximum atomic E-state index is 13.8. The SMILES string of the molecule is CCn1c2ccccc2c2cc3c(cc21)Oc1c(Cl)c2c(c(Cl)c1=N3)Oc1cc3c(cc1N=2)c1c(CNCC(=O)[n+]2ccccc2)c(CNCC(=O)[n+]2ccccc2)c(CNCC(=O)[n+]2ccccc2)c(CNCC(=O)[n+]2ccccc2)c1n3CC.[Cl-].[Cl-].[Cl-].[Cl-]. The van der Waals surface area contributed by atoms with Crippen molar-refractivity contribution in [1.82, 2.24) is 30.4 Å². The number of hydrogen-bond acceptors (Lipinski definition) is 12. The Kier molecular flexibility index (Phi) is 21.1. The van der Waals surface area contributed by atoms with Gasteiger partial charge in [0.25, 0.3) is 0 Å². The number of ether oxygens (including phenoxy) is 2. The summed E-state index contributed by atoms with van der Waals surface area (Å²) in [6.45, 7) is 6.07. The highest BCUT2D eigenvalue weighted by molar-refractivity contribution is 6.35. The highest BCUT2D eigenvalue weighted by Crippen LogP contribution is 2.48. The van der Waals surface area contributed by atoms with E-state index in [4.69, 9.17) is 42.7 Å². The van der Waals surface area contributed by atoms with Crippen LogP contribution in [-0.4, -0.2) is 58.9 Å². The molecular formula is C66H58Cl6N12O6. The lowest BCUT2D eigenvalue weighted by molar-refractivity contribution is -0.574. The van der Waals surface area contributed by atoms with Crippen molar-refractivity contribution < 1.29 is 96.5 Å². The van der Waals surface area contributed by atoms with Gasteiger partial charge >= 0.3 is 23.6 Å². The molecule has 5 aromatic carbocycles. The van der Waals surface area contributed by atoms with Crippen LogP contribution in [0.5, 0.6) is 23.0 Å². The molecule has 0 aliphatic carbocycles. The Bertz CT molecular complexity index is 4700. The summed E-state index contributed by atoms with van der Waals surface area (Å²) in [5, 5.41) is 18.6. The van der Waals surface area contributed by atoms with Crippen molar-refractivity contribution in [2.24, 2.45) is 9.98 Å². The van der Waals surface area contributed by atoms with Crippen LogP contribution in [0.2, 0.25) is 10.0 Å². The number of halogens is 6. The zero-order chi connectivity index (χ0) is 59.0. The molecule has 6 aromatic heterocycles. The third-order valence-electron chi connectivity index (χ3n) is 15.8. The number of nitrogens with one attached hydrogen (secondary N) is 4. The van der Waals surface area contributed by atoms with Gasteiger partial charge in [0.15, 0.2) is 72.6 Å². The van der Waals surface area contributed by atoms with Crippen molar-refractivity contribution in [3.8, 4) is 23.0 Å². The van der Waals surface area contributed by atoms with Crippen LogP contribution in [-0.2, 0) is 39.3 Å². The quantitative estimate of drug-likeness (QED) is 0.0624. The number of rotatable bonds is 18. The summed E-state index contributed by atoms with van der Waals surface area (Å²) in [6.07, 6.45) is 13.7. The second kappa shape index (κ2) is 28.7. The Labute approximate surface area is 551 Å². The van der Waals surface area contributed by atoms with Gasteiger partial charge in [-0.05, 0) is 54.3 Å². The molecule has 0 saturated heterocycles. The number of carbonyl (C=O) groups excluding carboxylic acids is 4. The van der Waals surface area contributed by atoms with Gasteiger partial charge in [0.1, 0.15) is 58.3 Å². The van der Waals surface area contributed by atoms with E-state index in [2.05, 4.69) is 56.4 Å². The molecule has 0 saturated carbocycles.